The summed E-state index contributed by atoms with van der Waals surface area (Å²) in [6, 6.07) is 13.5. The van der Waals surface area contributed by atoms with Gasteiger partial charge < -0.3 is 9.47 Å². The molecule has 3 heteroatoms. The van der Waals surface area contributed by atoms with Gasteiger partial charge in [-0.25, -0.2) is 0 Å². The molecule has 0 bridgehead atoms. The molecule has 1 aliphatic heterocycles. The highest BCUT2D eigenvalue weighted by Gasteiger charge is 2.29. The summed E-state index contributed by atoms with van der Waals surface area (Å²) >= 11 is 0. The molecular formula is C23H22O3. The van der Waals surface area contributed by atoms with Gasteiger partial charge in [0.25, 0.3) is 0 Å². The minimum absolute atomic E-state index is 0.100. The molecule has 3 nitrogen and oxygen atoms in total. The molecule has 1 aliphatic rings. The van der Waals surface area contributed by atoms with E-state index >= 15 is 0 Å². The molecule has 0 saturated heterocycles. The van der Waals surface area contributed by atoms with Crippen LogP contribution < -0.4 is 9.47 Å². The molecule has 2 aromatic carbocycles. The van der Waals surface area contributed by atoms with E-state index in [-0.39, 0.29) is 5.78 Å². The zero-order valence-electron chi connectivity index (χ0n) is 15.3. The molecule has 0 saturated carbocycles. The number of carbonyl (C=O) groups excluding carboxylic acids is 1. The number of ketones is 1. The SMILES string of the molecule is CC(C)=CCOc1ccc2c(c1C)O/C(=C\C=C\c1ccccc1)C2=O. The first-order valence-electron chi connectivity index (χ1n) is 8.62. The smallest absolute Gasteiger partial charge is 0.231 e. The van der Waals surface area contributed by atoms with Crippen LogP contribution in [0.1, 0.15) is 35.3 Å². The van der Waals surface area contributed by atoms with Crippen molar-refractivity contribution in [2.24, 2.45) is 0 Å². The van der Waals surface area contributed by atoms with Crippen LogP contribution in [0, 0.1) is 6.92 Å². The number of Topliss-reactive ketones (excluding diaryl/α,β-unsaturated/α-hetero) is 1. The van der Waals surface area contributed by atoms with Crippen LogP contribution in [0.25, 0.3) is 6.08 Å². The van der Waals surface area contributed by atoms with Gasteiger partial charge >= 0.3 is 0 Å². The topological polar surface area (TPSA) is 35.5 Å². The molecule has 0 unspecified atom stereocenters. The van der Waals surface area contributed by atoms with Crippen LogP contribution in [0.2, 0.25) is 0 Å². The Kier molecular flexibility index (Phi) is 5.37. The molecule has 1 heterocycles. The van der Waals surface area contributed by atoms with E-state index < -0.39 is 0 Å². The molecule has 0 aromatic heterocycles. The molecule has 0 aliphatic carbocycles. The van der Waals surface area contributed by atoms with E-state index in [1.165, 1.54) is 5.57 Å². The van der Waals surface area contributed by atoms with E-state index in [0.29, 0.717) is 23.7 Å². The lowest BCUT2D eigenvalue weighted by Gasteiger charge is -2.10. The van der Waals surface area contributed by atoms with E-state index in [9.17, 15) is 4.79 Å². The third kappa shape index (κ3) is 3.94. The van der Waals surface area contributed by atoms with Crippen LogP contribution in [0.4, 0.5) is 0 Å². The molecule has 0 N–H and O–H groups in total. The van der Waals surface area contributed by atoms with E-state index in [1.54, 1.807) is 12.1 Å². The number of hydrogen-bond donors (Lipinski definition) is 0. The minimum Gasteiger partial charge on any atom is -0.489 e. The maximum Gasteiger partial charge on any atom is 0.231 e. The van der Waals surface area contributed by atoms with E-state index in [4.69, 9.17) is 9.47 Å². The molecule has 0 spiro atoms. The summed E-state index contributed by atoms with van der Waals surface area (Å²) in [6.45, 7) is 6.46. The highest BCUT2D eigenvalue weighted by atomic mass is 16.5. The average Bonchev–Trinajstić information content (AvgIpc) is 2.95. The molecule has 0 atom stereocenters. The third-order valence-electron chi connectivity index (χ3n) is 4.10. The van der Waals surface area contributed by atoms with Crippen LogP contribution >= 0.6 is 0 Å². The summed E-state index contributed by atoms with van der Waals surface area (Å²) in [5.41, 5.74) is 3.69. The summed E-state index contributed by atoms with van der Waals surface area (Å²) in [7, 11) is 0. The summed E-state index contributed by atoms with van der Waals surface area (Å²) in [5, 5.41) is 0. The summed E-state index contributed by atoms with van der Waals surface area (Å²) in [5.74, 6) is 1.55. The number of rotatable bonds is 5. The number of ether oxygens (including phenoxy) is 2. The quantitative estimate of drug-likeness (QED) is 0.529. The zero-order valence-corrected chi connectivity index (χ0v) is 15.3. The molecule has 0 amide bonds. The number of allylic oxidation sites excluding steroid dienone is 4. The highest BCUT2D eigenvalue weighted by Crippen LogP contribution is 2.38. The first-order valence-corrected chi connectivity index (χ1v) is 8.62. The molecule has 3 rings (SSSR count). The fraction of sp³-hybridized carbons (Fsp3) is 0.174. The second kappa shape index (κ2) is 7.87. The van der Waals surface area contributed by atoms with Gasteiger partial charge in [0.2, 0.25) is 5.78 Å². The number of fused-ring (bicyclic) bond motifs is 1. The van der Waals surface area contributed by atoms with Crippen LogP contribution in [0.15, 0.2) is 72.0 Å². The summed E-state index contributed by atoms with van der Waals surface area (Å²) in [4.78, 5) is 12.5. The van der Waals surface area contributed by atoms with Crippen LogP contribution in [-0.4, -0.2) is 12.4 Å². The fourth-order valence-corrected chi connectivity index (χ4v) is 2.65. The molecular weight excluding hydrogens is 324 g/mol. The van der Waals surface area contributed by atoms with Gasteiger partial charge in [-0.05, 0) is 50.6 Å². The van der Waals surface area contributed by atoms with Crippen molar-refractivity contribution in [1.82, 2.24) is 0 Å². The minimum atomic E-state index is -0.100. The second-order valence-corrected chi connectivity index (χ2v) is 6.39. The van der Waals surface area contributed by atoms with Crippen LogP contribution in [0.5, 0.6) is 11.5 Å². The Labute approximate surface area is 154 Å². The Morgan fingerprint density at radius 2 is 1.88 bits per heavy atom. The first-order chi connectivity index (χ1) is 12.6. The van der Waals surface area contributed by atoms with Gasteiger partial charge in [-0.1, -0.05) is 48.1 Å². The standard InChI is InChI=1S/C23H22O3/c1-16(2)14-15-25-20-13-12-19-22(24)21(26-23(19)17(20)3)11-7-10-18-8-5-4-6-9-18/h4-14H,15H2,1-3H3/b10-7+,21-11-. The number of benzene rings is 2. The van der Waals surface area contributed by atoms with E-state index in [0.717, 1.165) is 16.9 Å². The van der Waals surface area contributed by atoms with Crippen LogP contribution in [-0.2, 0) is 0 Å². The average molecular weight is 346 g/mol. The van der Waals surface area contributed by atoms with Crippen molar-refractivity contribution >= 4 is 11.9 Å². The normalized spacial score (nSPS) is 14.4. The Morgan fingerprint density at radius 3 is 2.62 bits per heavy atom. The van der Waals surface area contributed by atoms with Crippen molar-refractivity contribution < 1.29 is 14.3 Å². The Bertz CT molecular complexity index is 899. The van der Waals surface area contributed by atoms with Crippen molar-refractivity contribution in [1.29, 1.82) is 0 Å². The van der Waals surface area contributed by atoms with Crippen molar-refractivity contribution in [3.05, 3.63) is 88.7 Å². The molecule has 0 radical (unpaired) electrons. The molecule has 26 heavy (non-hydrogen) atoms. The largest absolute Gasteiger partial charge is 0.489 e. The Balaban J connectivity index is 1.78. The van der Waals surface area contributed by atoms with Crippen LogP contribution in [0.3, 0.4) is 0 Å². The Morgan fingerprint density at radius 1 is 1.12 bits per heavy atom. The summed E-state index contributed by atoms with van der Waals surface area (Å²) in [6.07, 6.45) is 7.49. The van der Waals surface area contributed by atoms with Gasteiger partial charge in [-0.3, -0.25) is 4.79 Å². The van der Waals surface area contributed by atoms with Gasteiger partial charge in [0, 0.05) is 5.56 Å². The lowest BCUT2D eigenvalue weighted by molar-refractivity contribution is 0.101. The Hall–Kier alpha value is -3.07. The first kappa shape index (κ1) is 17.7. The van der Waals surface area contributed by atoms with Gasteiger partial charge in [0.05, 0.1) is 5.56 Å². The predicted molar refractivity (Wildman–Crippen MR) is 105 cm³/mol. The second-order valence-electron chi connectivity index (χ2n) is 6.39. The van der Waals surface area contributed by atoms with Crippen molar-refractivity contribution in [3.8, 4) is 11.5 Å². The lowest BCUT2D eigenvalue weighted by Crippen LogP contribution is -1.98. The lowest BCUT2D eigenvalue weighted by atomic mass is 10.1. The maximum absolute atomic E-state index is 12.5. The summed E-state index contributed by atoms with van der Waals surface area (Å²) < 4.78 is 11.6. The number of hydrogen-bond acceptors (Lipinski definition) is 3. The molecule has 0 fully saturated rings. The van der Waals surface area contributed by atoms with Gasteiger partial charge in [-0.15, -0.1) is 0 Å². The van der Waals surface area contributed by atoms with Crippen molar-refractivity contribution in [3.63, 3.8) is 0 Å². The zero-order chi connectivity index (χ0) is 18.5. The maximum atomic E-state index is 12.5. The fourth-order valence-electron chi connectivity index (χ4n) is 2.65. The third-order valence-corrected chi connectivity index (χ3v) is 4.10. The van der Waals surface area contributed by atoms with Gasteiger partial charge in [-0.2, -0.15) is 0 Å². The monoisotopic (exact) mass is 346 g/mol. The van der Waals surface area contributed by atoms with Crippen molar-refractivity contribution in [2.75, 3.05) is 6.61 Å². The molecule has 2 aromatic rings. The van der Waals surface area contributed by atoms with E-state index in [1.807, 2.05) is 75.4 Å². The van der Waals surface area contributed by atoms with Crippen molar-refractivity contribution in [2.45, 2.75) is 20.8 Å². The predicted octanol–water partition coefficient (Wildman–Crippen LogP) is 5.51. The number of carbonyl (C=O) groups is 1. The highest BCUT2D eigenvalue weighted by molar-refractivity contribution is 6.12. The van der Waals surface area contributed by atoms with Gasteiger partial charge in [0.15, 0.2) is 5.76 Å². The van der Waals surface area contributed by atoms with Gasteiger partial charge in [0.1, 0.15) is 18.1 Å². The molecule has 132 valence electrons. The van der Waals surface area contributed by atoms with E-state index in [2.05, 4.69) is 0 Å².